The van der Waals surface area contributed by atoms with Crippen LogP contribution in [-0.4, -0.2) is 17.6 Å². The first kappa shape index (κ1) is 9.08. The highest BCUT2D eigenvalue weighted by atomic mass is 32.2. The predicted molar refractivity (Wildman–Crippen MR) is 54.1 cm³/mol. The van der Waals surface area contributed by atoms with Gasteiger partial charge in [0, 0.05) is 14.1 Å². The minimum absolute atomic E-state index is 0.284. The Balaban J connectivity index is 3.26. The highest BCUT2D eigenvalue weighted by molar-refractivity contribution is 7.63. The molecule has 2 rings (SSSR count). The predicted octanol–water partition coefficient (Wildman–Crippen LogP) is 0.928. The molecule has 0 N–H and O–H groups in total. The van der Waals surface area contributed by atoms with Crippen LogP contribution in [0.25, 0.3) is 11.0 Å². The summed E-state index contributed by atoms with van der Waals surface area (Å²) in [7, 11) is 1.28. The molecule has 0 radical (unpaired) electrons. The van der Waals surface area contributed by atoms with E-state index in [2.05, 4.69) is 0 Å². The molecule has 4 nitrogen and oxygen atoms in total. The largest absolute Gasteiger partial charge is 0.316 e. The molecule has 14 heavy (non-hydrogen) atoms. The zero-order chi connectivity index (χ0) is 10.3. The van der Waals surface area contributed by atoms with Gasteiger partial charge in [0.25, 0.3) is 10.3 Å². The molecule has 1 heterocycles. The smallest absolute Gasteiger partial charge is 0.256 e. The lowest BCUT2D eigenvalue weighted by Gasteiger charge is -1.91. The number of aryl methyl sites for hydroxylation is 2. The second-order valence-corrected chi connectivity index (χ2v) is 3.96. The third-order valence-electron chi connectivity index (χ3n) is 2.33. The standard InChI is InChI=1S/C9H10N2O2S/c1-10-7-5-3-4-6-8(7)11(2)9(10)14(12)13/h3-6H,1-2H3. The van der Waals surface area contributed by atoms with Crippen LogP contribution in [-0.2, 0) is 24.4 Å². The molecule has 2 aromatic rings. The molecule has 0 aliphatic heterocycles. The van der Waals surface area contributed by atoms with E-state index in [1.807, 2.05) is 24.3 Å². The third-order valence-corrected chi connectivity index (χ3v) is 3.17. The summed E-state index contributed by atoms with van der Waals surface area (Å²) in [6, 6.07) is 7.57. The molecule has 0 saturated carbocycles. The summed E-state index contributed by atoms with van der Waals surface area (Å²) in [5.74, 6) is 0. The van der Waals surface area contributed by atoms with Crippen LogP contribution in [0, 0.1) is 4.77 Å². The third kappa shape index (κ3) is 1.09. The molecular formula is C9H10N2O2S. The Labute approximate surface area is 82.6 Å². The van der Waals surface area contributed by atoms with E-state index in [1.165, 1.54) is 0 Å². The van der Waals surface area contributed by atoms with Crippen LogP contribution in [0.3, 0.4) is 0 Å². The highest BCUT2D eigenvalue weighted by Gasteiger charge is 2.04. The van der Waals surface area contributed by atoms with E-state index < -0.39 is 10.3 Å². The van der Waals surface area contributed by atoms with Crippen molar-refractivity contribution in [2.75, 3.05) is 0 Å². The molecule has 1 aromatic carbocycles. The summed E-state index contributed by atoms with van der Waals surface area (Å²) in [6.45, 7) is 0. The fourth-order valence-corrected chi connectivity index (χ4v) is 2.33. The Morgan fingerprint density at radius 2 is 1.43 bits per heavy atom. The molecular weight excluding hydrogens is 200 g/mol. The lowest BCUT2D eigenvalue weighted by atomic mass is 10.3. The summed E-state index contributed by atoms with van der Waals surface area (Å²) in [5, 5.41) is 0. The molecule has 0 atom stereocenters. The number of hydrogen-bond acceptors (Lipinski definition) is 2. The normalized spacial score (nSPS) is 10.7. The molecule has 0 spiro atoms. The van der Waals surface area contributed by atoms with Gasteiger partial charge >= 0.3 is 0 Å². The Morgan fingerprint density at radius 3 is 1.79 bits per heavy atom. The zero-order valence-corrected chi connectivity index (χ0v) is 8.75. The number of rotatable bonds is 0. The van der Waals surface area contributed by atoms with Crippen LogP contribution in [0.5, 0.6) is 0 Å². The van der Waals surface area contributed by atoms with Crippen LogP contribution in [0.15, 0.2) is 24.3 Å². The van der Waals surface area contributed by atoms with E-state index in [9.17, 15) is 8.42 Å². The number of imidazole rings is 1. The maximum absolute atomic E-state index is 11.0. The summed E-state index contributed by atoms with van der Waals surface area (Å²) in [6.07, 6.45) is 0. The van der Waals surface area contributed by atoms with E-state index in [4.69, 9.17) is 0 Å². The van der Waals surface area contributed by atoms with Gasteiger partial charge in [-0.15, -0.1) is 0 Å². The van der Waals surface area contributed by atoms with Gasteiger partial charge in [0.1, 0.15) is 0 Å². The van der Waals surface area contributed by atoms with Crippen LogP contribution in [0.1, 0.15) is 0 Å². The maximum Gasteiger partial charge on any atom is 0.256 e. The minimum Gasteiger partial charge on any atom is -0.316 e. The van der Waals surface area contributed by atoms with Gasteiger partial charge in [-0.1, -0.05) is 12.1 Å². The van der Waals surface area contributed by atoms with Gasteiger partial charge in [0.15, 0.2) is 0 Å². The summed E-state index contributed by atoms with van der Waals surface area (Å²) in [5.41, 5.74) is 1.82. The summed E-state index contributed by atoms with van der Waals surface area (Å²) < 4.78 is 25.6. The van der Waals surface area contributed by atoms with Crippen molar-refractivity contribution in [2.45, 2.75) is 0 Å². The number of fused-ring (bicyclic) bond motifs is 1. The van der Waals surface area contributed by atoms with Gasteiger partial charge < -0.3 is 9.13 Å². The lowest BCUT2D eigenvalue weighted by Crippen LogP contribution is -1.94. The molecule has 1 aromatic heterocycles. The molecule has 0 amide bonds. The quantitative estimate of drug-likeness (QED) is 0.607. The van der Waals surface area contributed by atoms with Crippen LogP contribution < -0.4 is 0 Å². The van der Waals surface area contributed by atoms with Gasteiger partial charge in [-0.3, -0.25) is 0 Å². The Kier molecular flexibility index (Phi) is 1.96. The van der Waals surface area contributed by atoms with Crippen molar-refractivity contribution in [3.8, 4) is 0 Å². The number of nitrogens with zero attached hydrogens (tertiary/aromatic N) is 2. The second kappa shape index (κ2) is 3.02. The first-order valence-corrected chi connectivity index (χ1v) is 5.23. The summed E-state index contributed by atoms with van der Waals surface area (Å²) >= 11 is 0. The van der Waals surface area contributed by atoms with Crippen molar-refractivity contribution >= 4 is 21.3 Å². The highest BCUT2D eigenvalue weighted by Crippen LogP contribution is 2.13. The average Bonchev–Trinajstić information content (AvgIpc) is 2.41. The molecule has 0 aliphatic rings. The Morgan fingerprint density at radius 1 is 1.00 bits per heavy atom. The van der Waals surface area contributed by atoms with Crippen LogP contribution in [0.4, 0.5) is 0 Å². The minimum atomic E-state index is -2.21. The Hall–Kier alpha value is -1.49. The molecule has 0 unspecified atom stereocenters. The van der Waals surface area contributed by atoms with Gasteiger partial charge in [-0.25, -0.2) is 0 Å². The van der Waals surface area contributed by atoms with Crippen molar-refractivity contribution < 1.29 is 8.42 Å². The SMILES string of the molecule is Cn1c(=S(=O)=O)n(C)c2ccccc21. The number of para-hydroxylation sites is 2. The van der Waals surface area contributed by atoms with E-state index in [0.29, 0.717) is 0 Å². The van der Waals surface area contributed by atoms with Gasteiger partial charge in [0.2, 0.25) is 4.77 Å². The maximum atomic E-state index is 11.0. The lowest BCUT2D eigenvalue weighted by molar-refractivity contribution is 0.620. The first-order valence-electron chi connectivity index (χ1n) is 4.15. The van der Waals surface area contributed by atoms with E-state index >= 15 is 0 Å². The van der Waals surface area contributed by atoms with Crippen molar-refractivity contribution in [3.63, 3.8) is 0 Å². The fourth-order valence-electron chi connectivity index (χ4n) is 1.69. The molecule has 74 valence electrons. The number of hydrogen-bond donors (Lipinski definition) is 0. The van der Waals surface area contributed by atoms with Crippen molar-refractivity contribution in [1.29, 1.82) is 0 Å². The molecule has 5 heteroatoms. The van der Waals surface area contributed by atoms with Crippen molar-refractivity contribution in [1.82, 2.24) is 9.13 Å². The Bertz CT molecular complexity index is 612. The number of benzene rings is 1. The second-order valence-electron chi connectivity index (χ2n) is 3.12. The van der Waals surface area contributed by atoms with E-state index in [1.54, 1.807) is 23.2 Å². The summed E-state index contributed by atoms with van der Waals surface area (Å²) in [4.78, 5) is 0. The van der Waals surface area contributed by atoms with Gasteiger partial charge in [-0.05, 0) is 12.1 Å². The van der Waals surface area contributed by atoms with Crippen molar-refractivity contribution in [2.24, 2.45) is 14.1 Å². The first-order chi connectivity index (χ1) is 6.63. The fraction of sp³-hybridized carbons (Fsp3) is 0.222. The van der Waals surface area contributed by atoms with Gasteiger partial charge in [-0.2, -0.15) is 8.42 Å². The monoisotopic (exact) mass is 210 g/mol. The van der Waals surface area contributed by atoms with Crippen LogP contribution >= 0.6 is 0 Å². The van der Waals surface area contributed by atoms with E-state index in [0.717, 1.165) is 11.0 Å². The molecule has 0 fully saturated rings. The molecule has 0 bridgehead atoms. The zero-order valence-electron chi connectivity index (χ0n) is 7.93. The van der Waals surface area contributed by atoms with Crippen molar-refractivity contribution in [3.05, 3.63) is 29.0 Å². The number of aromatic nitrogens is 2. The van der Waals surface area contributed by atoms with Gasteiger partial charge in [0.05, 0.1) is 11.0 Å². The average molecular weight is 210 g/mol. The topological polar surface area (TPSA) is 44.0 Å². The molecule has 0 saturated heterocycles. The van der Waals surface area contributed by atoms with E-state index in [-0.39, 0.29) is 4.77 Å². The van der Waals surface area contributed by atoms with Crippen LogP contribution in [0.2, 0.25) is 0 Å². The molecule has 0 aliphatic carbocycles.